The van der Waals surface area contributed by atoms with E-state index in [0.717, 1.165) is 10.9 Å². The standard InChI is InChI=1S/C19H13Cl2FN4O/c1-10(18-14(20)8-23-9-15(18)21)27-12-3-4-16-13(6-12)19(26-25-16)11-2-5-17(22)24-7-11/h2-10H,1H3,(H,25,26). The third-order valence-corrected chi connectivity index (χ3v) is 4.75. The zero-order valence-electron chi connectivity index (χ0n) is 14.1. The van der Waals surface area contributed by atoms with Crippen molar-refractivity contribution in [3.63, 3.8) is 0 Å². The molecule has 136 valence electrons. The minimum Gasteiger partial charge on any atom is -0.486 e. The average Bonchev–Trinajstić information content (AvgIpc) is 3.05. The van der Waals surface area contributed by atoms with Crippen molar-refractivity contribution in [2.45, 2.75) is 13.0 Å². The number of benzene rings is 1. The highest BCUT2D eigenvalue weighted by molar-refractivity contribution is 6.35. The van der Waals surface area contributed by atoms with Crippen LogP contribution in [0.3, 0.4) is 0 Å². The van der Waals surface area contributed by atoms with E-state index in [1.165, 1.54) is 24.7 Å². The van der Waals surface area contributed by atoms with E-state index in [2.05, 4.69) is 20.2 Å². The normalized spacial score (nSPS) is 12.3. The molecule has 0 spiro atoms. The van der Waals surface area contributed by atoms with E-state index in [1.54, 1.807) is 6.07 Å². The topological polar surface area (TPSA) is 63.7 Å². The first-order valence-electron chi connectivity index (χ1n) is 8.08. The number of fused-ring (bicyclic) bond motifs is 1. The summed E-state index contributed by atoms with van der Waals surface area (Å²) in [6.07, 6.45) is 4.12. The molecule has 0 aliphatic rings. The molecule has 0 aliphatic heterocycles. The van der Waals surface area contributed by atoms with Crippen LogP contribution in [0.1, 0.15) is 18.6 Å². The summed E-state index contributed by atoms with van der Waals surface area (Å²) < 4.78 is 19.1. The molecule has 0 radical (unpaired) electrons. The molecule has 1 atom stereocenters. The smallest absolute Gasteiger partial charge is 0.212 e. The Labute approximate surface area is 164 Å². The Bertz CT molecular complexity index is 1090. The minimum atomic E-state index is -0.539. The molecule has 3 aromatic heterocycles. The molecule has 4 rings (SSSR count). The van der Waals surface area contributed by atoms with E-state index < -0.39 is 5.95 Å². The van der Waals surface area contributed by atoms with Crippen LogP contribution in [-0.4, -0.2) is 20.2 Å². The molecule has 0 amide bonds. The van der Waals surface area contributed by atoms with Crippen LogP contribution in [0.5, 0.6) is 5.75 Å². The number of pyridine rings is 2. The Hall–Kier alpha value is -2.70. The highest BCUT2D eigenvalue weighted by Gasteiger charge is 2.17. The van der Waals surface area contributed by atoms with E-state index in [9.17, 15) is 4.39 Å². The molecule has 1 N–H and O–H groups in total. The maximum Gasteiger partial charge on any atom is 0.212 e. The van der Waals surface area contributed by atoms with Crippen molar-refractivity contribution in [1.82, 2.24) is 20.2 Å². The lowest BCUT2D eigenvalue weighted by molar-refractivity contribution is 0.227. The lowest BCUT2D eigenvalue weighted by Crippen LogP contribution is -2.05. The van der Waals surface area contributed by atoms with Gasteiger partial charge in [0.05, 0.1) is 15.6 Å². The number of nitrogens with one attached hydrogen (secondary N) is 1. The van der Waals surface area contributed by atoms with Crippen molar-refractivity contribution in [2.24, 2.45) is 0 Å². The second kappa shape index (κ2) is 7.13. The Morgan fingerprint density at radius 1 is 1.07 bits per heavy atom. The van der Waals surface area contributed by atoms with Crippen LogP contribution in [0.2, 0.25) is 10.0 Å². The Morgan fingerprint density at radius 3 is 2.56 bits per heavy atom. The lowest BCUT2D eigenvalue weighted by Gasteiger charge is -2.17. The molecule has 3 heterocycles. The fourth-order valence-electron chi connectivity index (χ4n) is 2.88. The molecule has 8 heteroatoms. The molecular weight excluding hydrogens is 390 g/mol. The Kier molecular flexibility index (Phi) is 4.68. The van der Waals surface area contributed by atoms with Crippen LogP contribution < -0.4 is 4.74 Å². The van der Waals surface area contributed by atoms with Gasteiger partial charge in [0.25, 0.3) is 0 Å². The van der Waals surface area contributed by atoms with Gasteiger partial charge in [-0.05, 0) is 37.3 Å². The third-order valence-electron chi connectivity index (χ3n) is 4.14. The van der Waals surface area contributed by atoms with Gasteiger partial charge in [-0.3, -0.25) is 10.1 Å². The highest BCUT2D eigenvalue weighted by Crippen LogP contribution is 2.34. The first kappa shape index (κ1) is 17.7. The number of hydrogen-bond donors (Lipinski definition) is 1. The second-order valence-corrected chi connectivity index (χ2v) is 6.74. The summed E-state index contributed by atoms with van der Waals surface area (Å²) >= 11 is 12.4. The van der Waals surface area contributed by atoms with E-state index >= 15 is 0 Å². The number of rotatable bonds is 4. The van der Waals surface area contributed by atoms with Crippen molar-refractivity contribution in [3.05, 3.63) is 70.5 Å². The average molecular weight is 403 g/mol. The van der Waals surface area contributed by atoms with Gasteiger partial charge in [-0.2, -0.15) is 9.49 Å². The maximum absolute atomic E-state index is 13.1. The number of H-pyrrole nitrogens is 1. The lowest BCUT2D eigenvalue weighted by atomic mass is 10.1. The summed E-state index contributed by atoms with van der Waals surface area (Å²) in [4.78, 5) is 7.64. The zero-order valence-corrected chi connectivity index (χ0v) is 15.6. The van der Waals surface area contributed by atoms with Crippen LogP contribution >= 0.6 is 23.2 Å². The molecule has 0 bridgehead atoms. The first-order valence-corrected chi connectivity index (χ1v) is 8.84. The molecule has 5 nitrogen and oxygen atoms in total. The molecule has 0 saturated carbocycles. The third kappa shape index (κ3) is 3.46. The fraction of sp³-hybridized carbons (Fsp3) is 0.105. The molecule has 1 unspecified atom stereocenters. The summed E-state index contributed by atoms with van der Waals surface area (Å²) in [5.74, 6) is 0.0826. The van der Waals surface area contributed by atoms with Gasteiger partial charge >= 0.3 is 0 Å². The van der Waals surface area contributed by atoms with Crippen LogP contribution in [0, 0.1) is 5.95 Å². The van der Waals surface area contributed by atoms with Crippen molar-refractivity contribution >= 4 is 34.1 Å². The number of halogens is 3. The van der Waals surface area contributed by atoms with Crippen molar-refractivity contribution < 1.29 is 9.13 Å². The van der Waals surface area contributed by atoms with Crippen molar-refractivity contribution in [1.29, 1.82) is 0 Å². The largest absolute Gasteiger partial charge is 0.486 e. The van der Waals surface area contributed by atoms with Gasteiger partial charge in [0.2, 0.25) is 5.95 Å². The summed E-state index contributed by atoms with van der Waals surface area (Å²) in [6, 6.07) is 8.47. The van der Waals surface area contributed by atoms with E-state index in [-0.39, 0.29) is 6.10 Å². The molecule has 0 aliphatic carbocycles. The maximum atomic E-state index is 13.1. The summed E-state index contributed by atoms with van der Waals surface area (Å²) in [5.41, 5.74) is 2.86. The van der Waals surface area contributed by atoms with E-state index in [0.29, 0.717) is 32.6 Å². The van der Waals surface area contributed by atoms with Gasteiger partial charge in [-0.1, -0.05) is 23.2 Å². The van der Waals surface area contributed by atoms with Gasteiger partial charge in [0.15, 0.2) is 0 Å². The number of ether oxygens (including phenoxy) is 1. The fourth-order valence-corrected chi connectivity index (χ4v) is 3.55. The number of aromatic amines is 1. The van der Waals surface area contributed by atoms with Gasteiger partial charge in [0, 0.05) is 35.1 Å². The monoisotopic (exact) mass is 402 g/mol. The van der Waals surface area contributed by atoms with Crippen LogP contribution in [0.4, 0.5) is 4.39 Å². The van der Waals surface area contributed by atoms with Crippen LogP contribution in [0.25, 0.3) is 22.2 Å². The van der Waals surface area contributed by atoms with Gasteiger partial charge < -0.3 is 4.74 Å². The predicted octanol–water partition coefficient (Wildman–Crippen LogP) is 5.61. The summed E-state index contributed by atoms with van der Waals surface area (Å²) in [6.45, 7) is 1.86. The van der Waals surface area contributed by atoms with Gasteiger partial charge in [-0.25, -0.2) is 4.98 Å². The summed E-state index contributed by atoms with van der Waals surface area (Å²) in [7, 11) is 0. The van der Waals surface area contributed by atoms with Gasteiger partial charge in [-0.15, -0.1) is 0 Å². The summed E-state index contributed by atoms with van der Waals surface area (Å²) in [5, 5.41) is 8.98. The van der Waals surface area contributed by atoms with Crippen LogP contribution in [-0.2, 0) is 0 Å². The van der Waals surface area contributed by atoms with E-state index in [1.807, 2.05) is 25.1 Å². The minimum absolute atomic E-state index is 0.381. The highest BCUT2D eigenvalue weighted by atomic mass is 35.5. The quantitative estimate of drug-likeness (QED) is 0.450. The number of nitrogens with zero attached hydrogens (tertiary/aromatic N) is 3. The number of hydrogen-bond acceptors (Lipinski definition) is 4. The molecule has 1 aromatic carbocycles. The second-order valence-electron chi connectivity index (χ2n) is 5.93. The molecule has 0 saturated heterocycles. The molecule has 0 fully saturated rings. The molecule has 4 aromatic rings. The Balaban J connectivity index is 1.69. The van der Waals surface area contributed by atoms with E-state index in [4.69, 9.17) is 27.9 Å². The molecule has 27 heavy (non-hydrogen) atoms. The number of aromatic nitrogens is 4. The Morgan fingerprint density at radius 2 is 1.85 bits per heavy atom. The van der Waals surface area contributed by atoms with Crippen molar-refractivity contribution in [3.8, 4) is 17.0 Å². The zero-order chi connectivity index (χ0) is 19.0. The first-order chi connectivity index (χ1) is 13.0. The molecular formula is C19H13Cl2FN4O. The van der Waals surface area contributed by atoms with Crippen molar-refractivity contribution in [2.75, 3.05) is 0 Å². The van der Waals surface area contributed by atoms with Crippen LogP contribution in [0.15, 0.2) is 48.9 Å². The predicted molar refractivity (Wildman–Crippen MR) is 103 cm³/mol. The van der Waals surface area contributed by atoms with Gasteiger partial charge in [0.1, 0.15) is 17.5 Å². The SMILES string of the molecule is CC(Oc1ccc2[nH]nc(-c3ccc(F)nc3)c2c1)c1c(Cl)cncc1Cl.